The molecule has 2 saturated heterocycles. The zero-order chi connectivity index (χ0) is 106. The van der Waals surface area contributed by atoms with Gasteiger partial charge in [-0.3, -0.25) is 38.8 Å². The Morgan fingerprint density at radius 2 is 0.681 bits per heavy atom. The van der Waals surface area contributed by atoms with Gasteiger partial charge in [-0.25, -0.2) is 14.4 Å². The normalized spacial score (nSPS) is 13.7. The van der Waals surface area contributed by atoms with E-state index >= 15 is 0 Å². The molecular weight excluding hydrogens is 2140 g/mol. The van der Waals surface area contributed by atoms with Gasteiger partial charge >= 0.3 is 12.1 Å². The summed E-state index contributed by atoms with van der Waals surface area (Å²) in [6.45, 7) is 29.6. The smallest absolute Gasteiger partial charge is 0.331 e. The van der Waals surface area contributed by atoms with E-state index in [4.69, 9.17) is 93.4 Å². The van der Waals surface area contributed by atoms with Crippen molar-refractivity contribution in [3.8, 4) is 58.2 Å². The number of rotatable bonds is 15. The van der Waals surface area contributed by atoms with Gasteiger partial charge in [0.25, 0.3) is 0 Å². The molecule has 2 fully saturated rings. The summed E-state index contributed by atoms with van der Waals surface area (Å²) in [6.07, 6.45) is 8.18. The molecular formula is C116H109Br2Cl7N6O9Si4. The molecule has 0 saturated carbocycles. The molecule has 13 aromatic carbocycles. The number of nitrogens with two attached hydrogens (primary N) is 1. The van der Waals surface area contributed by atoms with Crippen LogP contribution >= 0.6 is 113 Å². The molecule has 144 heavy (non-hydrogen) atoms. The molecule has 736 valence electrons. The van der Waals surface area contributed by atoms with Crippen LogP contribution in [0, 0.1) is 58.2 Å². The molecule has 2 unspecified atom stereocenters. The second-order valence-corrected chi connectivity index (χ2v) is 60.5. The number of carbonyl (C=O) groups is 6. The highest BCUT2D eigenvalue weighted by atomic mass is 79.9. The minimum absolute atomic E-state index is 0.0180. The van der Waals surface area contributed by atoms with E-state index in [1.54, 1.807) is 195 Å². The number of ketones is 4. The molecule has 0 bridgehead atoms. The number of β-amino-alcohol motifs (C(OH)–C–C–N with tert-alkyl or cyclic N) is 2. The summed E-state index contributed by atoms with van der Waals surface area (Å²) >= 11 is 47.6. The fraction of sp³-hybridized carbons (Fsp3) is 0.181. The summed E-state index contributed by atoms with van der Waals surface area (Å²) in [4.78, 5) is 91.7. The molecule has 4 N–H and O–H groups in total. The number of Topliss-reactive ketones (excluding diaryl/α,β-unsaturated/α-hetero) is 4. The second-order valence-electron chi connectivity index (χ2n) is 37.0. The number of anilines is 5. The van der Waals surface area contributed by atoms with E-state index in [0.717, 1.165) is 71.7 Å². The summed E-state index contributed by atoms with van der Waals surface area (Å²) in [5.41, 5.74) is 28.4. The van der Waals surface area contributed by atoms with Crippen LogP contribution in [0.15, 0.2) is 325 Å². The first kappa shape index (κ1) is 117. The Hall–Kier alpha value is -12.2. The first-order chi connectivity index (χ1) is 67.9. The van der Waals surface area contributed by atoms with Crippen molar-refractivity contribution in [1.82, 2.24) is 0 Å². The van der Waals surface area contributed by atoms with Crippen LogP contribution in [0.25, 0.3) is 0 Å². The lowest BCUT2D eigenvalue weighted by molar-refractivity contribution is 0.0650. The van der Waals surface area contributed by atoms with Crippen molar-refractivity contribution in [3.63, 3.8) is 0 Å². The minimum atomic E-state index is -1.63. The van der Waals surface area contributed by atoms with Crippen LogP contribution in [0.1, 0.15) is 106 Å². The Morgan fingerprint density at radius 1 is 0.389 bits per heavy atom. The van der Waals surface area contributed by atoms with Crippen LogP contribution in [-0.4, -0.2) is 102 Å². The maximum atomic E-state index is 13.6. The largest absolute Gasteiger partial charge is 0.399 e. The minimum Gasteiger partial charge on any atom is -0.399 e. The molecule has 13 aromatic rings. The summed E-state index contributed by atoms with van der Waals surface area (Å²) in [5.74, 6) is 15.7. The fourth-order valence-corrected chi connectivity index (χ4v) is 16.8. The third kappa shape index (κ3) is 38.7. The van der Waals surface area contributed by atoms with Gasteiger partial charge in [-0.2, -0.15) is 4.99 Å². The lowest BCUT2D eigenvalue weighted by Gasteiger charge is -2.32. The number of aryl methyl sites for hydroxylation is 1. The number of terminal acetylenes is 1. The van der Waals surface area contributed by atoms with Gasteiger partial charge in [0.1, 0.15) is 32.3 Å². The summed E-state index contributed by atoms with van der Waals surface area (Å²) < 4.78 is 0.945. The number of carbonyl (C=O) groups excluding carboxylic acids is 7. The van der Waals surface area contributed by atoms with Crippen molar-refractivity contribution >= 4 is 221 Å². The van der Waals surface area contributed by atoms with E-state index in [1.165, 1.54) is 20.8 Å². The van der Waals surface area contributed by atoms with Gasteiger partial charge < -0.3 is 15.9 Å². The maximum Gasteiger partial charge on any atom is 0.331 e. The number of hydrogen-bond acceptors (Lipinski definition) is 11. The molecule has 2 aliphatic rings. The van der Waals surface area contributed by atoms with Gasteiger partial charge in [-0.05, 0) is 256 Å². The first-order valence-corrected chi connectivity index (χ1v) is 63.8. The average Bonchev–Trinajstić information content (AvgIpc) is 1.58. The number of isocyanates is 1. The van der Waals surface area contributed by atoms with E-state index in [-0.39, 0.29) is 48.3 Å². The third-order valence-corrected chi connectivity index (χ3v) is 26.6. The van der Waals surface area contributed by atoms with Gasteiger partial charge in [0.15, 0.2) is 34.6 Å². The molecule has 2 aliphatic heterocycles. The molecule has 0 spiro atoms. The van der Waals surface area contributed by atoms with Crippen molar-refractivity contribution in [3.05, 3.63) is 422 Å². The van der Waals surface area contributed by atoms with Crippen molar-refractivity contribution in [1.29, 1.82) is 0 Å². The monoisotopic (exact) mass is 2240 g/mol. The van der Waals surface area contributed by atoms with Crippen molar-refractivity contribution in [2.45, 2.75) is 117 Å². The third-order valence-electron chi connectivity index (χ3n) is 20.3. The number of hydrogen-bond donors (Lipinski definition) is 3. The Bertz CT molecular complexity index is 7030. The average molecular weight is 2250 g/mol. The van der Waals surface area contributed by atoms with Crippen LogP contribution in [0.2, 0.25) is 114 Å². The number of alkyl halides is 1. The Kier molecular flexibility index (Phi) is 44.9. The van der Waals surface area contributed by atoms with Crippen molar-refractivity contribution in [2.75, 3.05) is 43.8 Å². The van der Waals surface area contributed by atoms with Crippen LogP contribution in [0.3, 0.4) is 0 Å². The number of aliphatic hydroxyl groups is 2. The van der Waals surface area contributed by atoms with Crippen LogP contribution in [0.5, 0.6) is 0 Å². The maximum absolute atomic E-state index is 13.6. The second kappa shape index (κ2) is 55.2. The Labute approximate surface area is 901 Å². The lowest BCUT2D eigenvalue weighted by atomic mass is 9.99. The zero-order valence-electron chi connectivity index (χ0n) is 82.1. The predicted molar refractivity (Wildman–Crippen MR) is 617 cm³/mol. The van der Waals surface area contributed by atoms with Gasteiger partial charge in [0.05, 0.1) is 24.1 Å². The van der Waals surface area contributed by atoms with Crippen LogP contribution < -0.4 is 25.3 Å². The Morgan fingerprint density at radius 3 is 1.01 bits per heavy atom. The number of benzene rings is 13. The summed E-state index contributed by atoms with van der Waals surface area (Å²) in [6, 6.07) is 92.5. The van der Waals surface area contributed by atoms with Crippen molar-refractivity contribution in [2.24, 2.45) is 4.99 Å². The number of nitrogens with zero attached hydrogens (tertiary/aromatic N) is 5. The Balaban J connectivity index is 0.000000210. The van der Waals surface area contributed by atoms with E-state index in [1.807, 2.05) is 140 Å². The number of urea groups is 2. The van der Waals surface area contributed by atoms with E-state index in [0.29, 0.717) is 87.0 Å². The molecule has 2 atom stereocenters. The molecule has 0 aliphatic carbocycles. The SMILES string of the molecule is C#Cc1cccc(C2(O)CN(c3ccc(Cl)cc3)C(=O)N2c2ccc(Cl)cc2)c1.CC(=O)c1cccc(Br)c1.CC(=O)c1cccc(C#C[Si](C)(C)C)c1.C[Si](C)(C)C#Cc1cccc(C(=O)CBr)c1.C[Si](C)(C)C#Cc1cccc(C(=O)CCc2ccc(Cl)cc2)c1.C[Si](C)(C)C#Cc1cccc(C2(O)CN(c3ccc(Cl)cc3)C(=O)N2c2ccc(Cl)cc2)c1.Nc1ccc(Cl)cc1.O=C=Nc1ccc(Cl)cc1. The van der Waals surface area contributed by atoms with Crippen molar-refractivity contribution < 1.29 is 43.8 Å². The lowest BCUT2D eigenvalue weighted by Crippen LogP contribution is -2.44. The van der Waals surface area contributed by atoms with E-state index < -0.39 is 43.7 Å². The van der Waals surface area contributed by atoms with Gasteiger partial charge in [0, 0.05) is 136 Å². The highest BCUT2D eigenvalue weighted by Crippen LogP contribution is 2.43. The van der Waals surface area contributed by atoms with Gasteiger partial charge in [-0.15, -0.1) is 28.6 Å². The standard InChI is InChI=1S/C26H24Cl2N2O2Si.C23H16Cl2N2O2.C20H21ClOSi.C13H15BrOSi.C13H16OSi.C8H7BrO.C7H4ClNO.C6H6ClN/c1-33(2,3)16-15-19-5-4-6-20(17-19)26(32)18-29(23-11-7-21(27)8-12-23)25(31)30(26)24-13-9-22(28)10-14-24;1-2-16-4-3-5-17(14-16)23(29)15-26(20-10-6-18(24)7-11-20)22(28)27(23)21-12-8-19(25)9-13-21;1-23(2,3)14-13-17-5-4-6-18(15-17)20(22)12-9-16-7-10-19(21)11-8-16;1-16(2,3)8-7-11-5-4-6-12(9-11)13(15)10-14;1-11(14)13-7-5-6-12(10-13)8-9-15(2,3)4;1-6(10)7-3-2-4-8(9)5-7;8-6-1-3-7(4-2-6)9-5-10;7-5-1-3-6(8)4-2-5/h4-14,17,32H,18H2,1-3H3;1,3-14,29H,15H2;4-8,10-11,15H,9,12H2,1-3H3;4-6,9H,10H2,1-3H3;5-7,10H,1-4H3;2-5H,1H3;1-4H;1-4H,8H2. The fourth-order valence-electron chi connectivity index (χ4n) is 13.2. The molecule has 0 radical (unpaired) electrons. The topological polar surface area (TPSA) is 211 Å². The number of nitrogen functional groups attached to an aromatic ring is 1. The van der Waals surface area contributed by atoms with E-state index in [9.17, 15) is 43.8 Å². The number of halogens is 9. The quantitative estimate of drug-likeness (QED) is 0.0168. The number of aliphatic imine (C=N–C) groups is 1. The van der Waals surface area contributed by atoms with Crippen LogP contribution in [0.4, 0.5) is 43.7 Å². The molecule has 28 heteroatoms. The van der Waals surface area contributed by atoms with Gasteiger partial charge in [-0.1, -0.05) is 306 Å². The first-order valence-electron chi connectivity index (χ1n) is 45.2. The molecule has 15 nitrogen and oxygen atoms in total. The van der Waals surface area contributed by atoms with Crippen LogP contribution in [-0.2, 0) is 22.7 Å². The summed E-state index contributed by atoms with van der Waals surface area (Å²) in [5, 5.41) is 28.4. The zero-order valence-corrected chi connectivity index (χ0v) is 94.6. The van der Waals surface area contributed by atoms with Gasteiger partial charge in [0.2, 0.25) is 6.08 Å². The predicted octanol–water partition coefficient (Wildman–Crippen LogP) is 30.7. The summed E-state index contributed by atoms with van der Waals surface area (Å²) in [7, 11) is -5.65. The molecule has 15 rings (SSSR count). The molecule has 4 amide bonds. The molecule has 0 aromatic heterocycles. The molecule has 2 heterocycles. The highest BCUT2D eigenvalue weighted by Gasteiger charge is 2.53. The van der Waals surface area contributed by atoms with E-state index in [2.05, 4.69) is 167 Å². The highest BCUT2D eigenvalue weighted by molar-refractivity contribution is 9.10. The number of amides is 4.